The molecule has 1 atom stereocenters. The van der Waals surface area contributed by atoms with E-state index in [2.05, 4.69) is 39.8 Å². The Morgan fingerprint density at radius 2 is 1.58 bits per heavy atom. The second kappa shape index (κ2) is 7.76. The van der Waals surface area contributed by atoms with E-state index in [0.29, 0.717) is 17.0 Å². The highest BCUT2D eigenvalue weighted by molar-refractivity contribution is 5.70. The molecule has 3 aromatic rings. The van der Waals surface area contributed by atoms with E-state index in [1.54, 1.807) is 25.8 Å². The third-order valence-electron chi connectivity index (χ3n) is 6.07. The Kier molecular flexibility index (Phi) is 5.25. The van der Waals surface area contributed by atoms with Crippen LogP contribution in [0.3, 0.4) is 0 Å². The fourth-order valence-corrected chi connectivity index (χ4v) is 4.59. The smallest absolute Gasteiger partial charge is 0.330 e. The number of ether oxygens (including phenoxy) is 2. The van der Waals surface area contributed by atoms with E-state index in [1.165, 1.54) is 5.56 Å². The Bertz CT molecular complexity index is 1290. The van der Waals surface area contributed by atoms with Crippen LogP contribution in [0.25, 0.3) is 11.3 Å². The summed E-state index contributed by atoms with van der Waals surface area (Å²) >= 11 is 0. The van der Waals surface area contributed by atoms with Crippen LogP contribution in [0.4, 0.5) is 5.69 Å². The second-order valence-corrected chi connectivity index (χ2v) is 8.38. The number of fused-ring (bicyclic) bond motifs is 3. The molecule has 0 N–H and O–H groups in total. The van der Waals surface area contributed by atoms with Gasteiger partial charge in [0.05, 0.1) is 25.6 Å². The average molecular weight is 420 g/mol. The van der Waals surface area contributed by atoms with Gasteiger partial charge in [0.25, 0.3) is 0 Å². The molecule has 0 fully saturated rings. The van der Waals surface area contributed by atoms with Crippen LogP contribution in [0.1, 0.15) is 35.2 Å². The van der Waals surface area contributed by atoms with Gasteiger partial charge in [-0.25, -0.2) is 9.79 Å². The number of benzene rings is 2. The van der Waals surface area contributed by atoms with Crippen LogP contribution in [-0.2, 0) is 13.5 Å². The summed E-state index contributed by atoms with van der Waals surface area (Å²) in [7, 11) is 5.04. The predicted octanol–water partition coefficient (Wildman–Crippen LogP) is 4.15. The van der Waals surface area contributed by atoms with Crippen LogP contribution in [0.5, 0.6) is 11.5 Å². The Morgan fingerprint density at radius 1 is 0.968 bits per heavy atom. The lowest BCUT2D eigenvalue weighted by Crippen LogP contribution is -2.41. The number of methoxy groups -OCH3 is 2. The van der Waals surface area contributed by atoms with Crippen molar-refractivity contribution in [3.63, 3.8) is 0 Å². The standard InChI is InChI=1S/C25H29N3O3/c1-14-8-15(2)24(16(3)9-14)26-23-13-20-19-12-22(31-7)21(30-6)11-18(19)10-17(4)28(20)25(29)27(23)5/h8-9,11-13,17H,10H2,1-7H3/b26-23-. The normalized spacial score (nSPS) is 15.5. The van der Waals surface area contributed by atoms with Gasteiger partial charge in [0.1, 0.15) is 5.49 Å². The lowest BCUT2D eigenvalue weighted by Gasteiger charge is -2.28. The summed E-state index contributed by atoms with van der Waals surface area (Å²) in [6, 6.07) is 10.2. The van der Waals surface area contributed by atoms with E-state index in [1.807, 2.05) is 22.8 Å². The van der Waals surface area contributed by atoms with Crippen molar-refractivity contribution in [3.8, 4) is 22.8 Å². The number of hydrogen-bond acceptors (Lipinski definition) is 4. The molecule has 6 heteroatoms. The summed E-state index contributed by atoms with van der Waals surface area (Å²) < 4.78 is 14.5. The van der Waals surface area contributed by atoms with Gasteiger partial charge in [-0.2, -0.15) is 0 Å². The minimum atomic E-state index is -0.0772. The van der Waals surface area contributed by atoms with Gasteiger partial charge in [-0.15, -0.1) is 0 Å². The maximum Gasteiger partial charge on any atom is 0.330 e. The van der Waals surface area contributed by atoms with Crippen LogP contribution in [0, 0.1) is 20.8 Å². The summed E-state index contributed by atoms with van der Waals surface area (Å²) in [4.78, 5) is 18.3. The second-order valence-electron chi connectivity index (χ2n) is 8.38. The van der Waals surface area contributed by atoms with E-state index in [-0.39, 0.29) is 11.7 Å². The molecule has 2 heterocycles. The summed E-state index contributed by atoms with van der Waals surface area (Å²) in [6.45, 7) is 8.25. The lowest BCUT2D eigenvalue weighted by molar-refractivity contribution is 0.354. The van der Waals surface area contributed by atoms with Crippen molar-refractivity contribution >= 4 is 5.69 Å². The van der Waals surface area contributed by atoms with E-state index in [9.17, 15) is 4.79 Å². The molecule has 1 unspecified atom stereocenters. The quantitative estimate of drug-likeness (QED) is 0.641. The third kappa shape index (κ3) is 3.46. The van der Waals surface area contributed by atoms with Gasteiger partial charge in [0.15, 0.2) is 11.5 Å². The molecule has 0 saturated heterocycles. The van der Waals surface area contributed by atoms with Crippen molar-refractivity contribution < 1.29 is 9.47 Å². The molecular weight excluding hydrogens is 390 g/mol. The largest absolute Gasteiger partial charge is 0.493 e. The third-order valence-corrected chi connectivity index (χ3v) is 6.07. The van der Waals surface area contributed by atoms with Gasteiger partial charge in [0.2, 0.25) is 0 Å². The van der Waals surface area contributed by atoms with Gasteiger partial charge in [-0.3, -0.25) is 9.13 Å². The zero-order chi connectivity index (χ0) is 22.4. The first-order valence-electron chi connectivity index (χ1n) is 10.5. The molecule has 2 aromatic carbocycles. The fraction of sp³-hybridized carbons (Fsp3) is 0.360. The number of nitrogens with zero attached hydrogens (tertiary/aromatic N) is 3. The summed E-state index contributed by atoms with van der Waals surface area (Å²) in [5.74, 6) is 1.34. The summed E-state index contributed by atoms with van der Waals surface area (Å²) in [5.41, 5.74) is 7.79. The van der Waals surface area contributed by atoms with Crippen molar-refractivity contribution in [2.45, 2.75) is 40.2 Å². The highest BCUT2D eigenvalue weighted by atomic mass is 16.5. The molecule has 1 aliphatic heterocycles. The molecule has 0 radical (unpaired) electrons. The highest BCUT2D eigenvalue weighted by Crippen LogP contribution is 2.40. The predicted molar refractivity (Wildman–Crippen MR) is 123 cm³/mol. The number of aryl methyl sites for hydroxylation is 3. The molecular formula is C25H29N3O3. The number of hydrogen-bond donors (Lipinski definition) is 0. The highest BCUT2D eigenvalue weighted by Gasteiger charge is 2.26. The molecule has 0 bridgehead atoms. The van der Waals surface area contributed by atoms with Crippen LogP contribution in [0.2, 0.25) is 0 Å². The minimum absolute atomic E-state index is 0.0243. The van der Waals surface area contributed by atoms with Gasteiger partial charge in [-0.1, -0.05) is 17.7 Å². The Morgan fingerprint density at radius 3 is 2.19 bits per heavy atom. The van der Waals surface area contributed by atoms with Crippen molar-refractivity contribution in [3.05, 3.63) is 68.6 Å². The van der Waals surface area contributed by atoms with Crippen molar-refractivity contribution in [2.24, 2.45) is 12.0 Å². The molecule has 6 nitrogen and oxygen atoms in total. The first-order chi connectivity index (χ1) is 14.7. The van der Waals surface area contributed by atoms with E-state index in [0.717, 1.165) is 40.1 Å². The van der Waals surface area contributed by atoms with E-state index < -0.39 is 0 Å². The van der Waals surface area contributed by atoms with Crippen LogP contribution >= 0.6 is 0 Å². The zero-order valence-electron chi connectivity index (χ0n) is 19.2. The first-order valence-corrected chi connectivity index (χ1v) is 10.5. The summed E-state index contributed by atoms with van der Waals surface area (Å²) in [5, 5.41) is 0. The van der Waals surface area contributed by atoms with Gasteiger partial charge in [0, 0.05) is 24.7 Å². The van der Waals surface area contributed by atoms with Crippen LogP contribution in [-0.4, -0.2) is 23.4 Å². The lowest BCUT2D eigenvalue weighted by atomic mass is 9.93. The molecule has 1 aromatic heterocycles. The maximum absolute atomic E-state index is 13.4. The zero-order valence-corrected chi connectivity index (χ0v) is 19.2. The number of rotatable bonds is 3. The molecule has 0 amide bonds. The Labute approximate surface area is 182 Å². The topological polar surface area (TPSA) is 57.8 Å². The first kappa shape index (κ1) is 21.0. The van der Waals surface area contributed by atoms with Gasteiger partial charge < -0.3 is 9.47 Å². The van der Waals surface area contributed by atoms with E-state index in [4.69, 9.17) is 14.5 Å². The molecule has 4 rings (SSSR count). The fourth-order valence-electron chi connectivity index (χ4n) is 4.59. The van der Waals surface area contributed by atoms with Gasteiger partial charge in [-0.05, 0) is 62.9 Å². The monoisotopic (exact) mass is 419 g/mol. The minimum Gasteiger partial charge on any atom is -0.493 e. The van der Waals surface area contributed by atoms with Crippen LogP contribution < -0.4 is 20.7 Å². The summed E-state index contributed by atoms with van der Waals surface area (Å²) in [6.07, 6.45) is 0.745. The van der Waals surface area contributed by atoms with Crippen molar-refractivity contribution in [2.75, 3.05) is 14.2 Å². The molecule has 1 aliphatic rings. The molecule has 0 aliphatic carbocycles. The molecule has 0 spiro atoms. The SMILES string of the molecule is COc1cc2c(cc1OC)-c1c/c(=N/c3c(C)cc(C)cc3C)n(C)c(=O)n1C(C)C2. The molecule has 162 valence electrons. The van der Waals surface area contributed by atoms with Crippen molar-refractivity contribution in [1.82, 2.24) is 9.13 Å². The molecule has 0 saturated carbocycles. The van der Waals surface area contributed by atoms with E-state index >= 15 is 0 Å². The van der Waals surface area contributed by atoms with Crippen molar-refractivity contribution in [1.29, 1.82) is 0 Å². The Hall–Kier alpha value is -3.28. The van der Waals surface area contributed by atoms with Crippen LogP contribution in [0.15, 0.2) is 40.1 Å². The number of aromatic nitrogens is 2. The maximum atomic E-state index is 13.4. The van der Waals surface area contributed by atoms with Gasteiger partial charge >= 0.3 is 5.69 Å². The Balaban J connectivity index is 2.03. The average Bonchev–Trinajstić information content (AvgIpc) is 2.72. The molecule has 31 heavy (non-hydrogen) atoms.